The van der Waals surface area contributed by atoms with E-state index >= 15 is 0 Å². The molecule has 1 unspecified atom stereocenters. The second-order valence-electron chi connectivity index (χ2n) is 6.85. The van der Waals surface area contributed by atoms with E-state index in [9.17, 15) is 13.2 Å². The Labute approximate surface area is 125 Å². The van der Waals surface area contributed by atoms with Crippen molar-refractivity contribution < 1.29 is 21.5 Å². The van der Waals surface area contributed by atoms with Gasteiger partial charge in [-0.2, -0.15) is 8.42 Å². The molecule has 120 valence electrons. The van der Waals surface area contributed by atoms with Crippen molar-refractivity contribution in [1.82, 2.24) is 0 Å². The van der Waals surface area contributed by atoms with Gasteiger partial charge in [-0.15, -0.1) is 0 Å². The zero-order valence-corrected chi connectivity index (χ0v) is 16.5. The van der Waals surface area contributed by atoms with Crippen LogP contribution < -0.4 is 0 Å². The van der Waals surface area contributed by atoms with E-state index in [2.05, 4.69) is 0 Å². The first-order valence-electron chi connectivity index (χ1n) is 6.96. The molecule has 0 heterocycles. The molecule has 0 aliphatic carbocycles. The average Bonchev–Trinajstić information content (AvgIpc) is 2.10. The number of unbranched alkanes of at least 4 members (excludes halogenated alkanes) is 1. The lowest BCUT2D eigenvalue weighted by Crippen LogP contribution is -2.43. The highest BCUT2D eigenvalue weighted by molar-refractivity contribution is 7.89. The summed E-state index contributed by atoms with van der Waals surface area (Å²) < 4.78 is 35.2. The first-order valence-corrected chi connectivity index (χ1v) is 15.2. The molecule has 0 aromatic rings. The summed E-state index contributed by atoms with van der Waals surface area (Å²) in [6.45, 7) is 12.9. The molecule has 1 atom stereocenters. The van der Waals surface area contributed by atoms with Crippen molar-refractivity contribution >= 4 is 32.7 Å². The first-order chi connectivity index (χ1) is 8.78. The molecule has 8 heteroatoms. The van der Waals surface area contributed by atoms with Gasteiger partial charge in [0.15, 0.2) is 5.25 Å². The molecule has 0 aromatic carbocycles. The number of carbonyl (C=O) groups excluding carboxylic acids is 1. The Morgan fingerprint density at radius 3 is 1.90 bits per heavy atom. The maximum Gasteiger partial charge on any atom is 0.313 e. The summed E-state index contributed by atoms with van der Waals surface area (Å²) in [5.74, 6) is -0.657. The molecule has 0 radical (unpaired) electrons. The van der Waals surface area contributed by atoms with E-state index < -0.39 is 38.0 Å². The van der Waals surface area contributed by atoms with Crippen LogP contribution in [-0.4, -0.2) is 36.3 Å². The Morgan fingerprint density at radius 2 is 1.55 bits per heavy atom. The molecule has 0 saturated carbocycles. The highest BCUT2D eigenvalue weighted by Crippen LogP contribution is 2.20. The minimum absolute atomic E-state index is 0.257. The van der Waals surface area contributed by atoms with E-state index in [1.165, 1.54) is 0 Å². The van der Waals surface area contributed by atoms with E-state index in [-0.39, 0.29) is 6.42 Å². The summed E-state index contributed by atoms with van der Waals surface area (Å²) >= 11 is 0. The Balaban J connectivity index is 5.19. The molecule has 20 heavy (non-hydrogen) atoms. The predicted octanol–water partition coefficient (Wildman–Crippen LogP) is 3.10. The van der Waals surface area contributed by atoms with Crippen LogP contribution in [0.4, 0.5) is 0 Å². The van der Waals surface area contributed by atoms with Gasteiger partial charge < -0.3 is 8.30 Å². The summed E-state index contributed by atoms with van der Waals surface area (Å²) in [5, 5.41) is -1.19. The average molecular weight is 341 g/mol. The van der Waals surface area contributed by atoms with Crippen molar-refractivity contribution in [2.45, 2.75) is 70.7 Å². The Bertz CT molecular complexity index is 420. The SMILES string of the molecule is CCCCC(C(=O)O[Si](C)(C)C)S(=O)(=O)O[Si](C)(C)C. The Hall–Kier alpha value is -0.186. The lowest BCUT2D eigenvalue weighted by Gasteiger charge is -2.25. The van der Waals surface area contributed by atoms with Crippen LogP contribution in [-0.2, 0) is 23.2 Å². The second-order valence-corrected chi connectivity index (χ2v) is 17.7. The van der Waals surface area contributed by atoms with Crippen LogP contribution >= 0.6 is 0 Å². The summed E-state index contributed by atoms with van der Waals surface area (Å²) in [4.78, 5) is 12.2. The van der Waals surface area contributed by atoms with Gasteiger partial charge in [-0.25, -0.2) is 0 Å². The van der Waals surface area contributed by atoms with Crippen molar-refractivity contribution in [2.24, 2.45) is 0 Å². The highest BCUT2D eigenvalue weighted by atomic mass is 32.2. The van der Waals surface area contributed by atoms with Gasteiger partial charge >= 0.3 is 5.97 Å². The molecule has 0 rings (SSSR count). The standard InChI is InChI=1S/C12H28O5SSi2/c1-8-9-10-11(12(13)16-19(2,3)4)18(14,15)17-20(5,6)7/h11H,8-10H2,1-7H3. The molecule has 0 aliphatic heterocycles. The van der Waals surface area contributed by atoms with Crippen molar-refractivity contribution in [3.05, 3.63) is 0 Å². The molecule has 0 fully saturated rings. The number of carbonyl (C=O) groups is 1. The van der Waals surface area contributed by atoms with E-state index in [1.807, 2.05) is 26.6 Å². The van der Waals surface area contributed by atoms with Gasteiger partial charge in [-0.3, -0.25) is 4.79 Å². The summed E-state index contributed by atoms with van der Waals surface area (Å²) in [6.07, 6.45) is 1.73. The zero-order chi connectivity index (χ0) is 16.2. The molecule has 0 spiro atoms. The van der Waals surface area contributed by atoms with Crippen LogP contribution in [0.2, 0.25) is 39.3 Å². The fraction of sp³-hybridized carbons (Fsp3) is 0.917. The number of rotatable bonds is 8. The fourth-order valence-electron chi connectivity index (χ4n) is 1.54. The second kappa shape index (κ2) is 7.19. The van der Waals surface area contributed by atoms with Crippen LogP contribution in [0.3, 0.4) is 0 Å². The predicted molar refractivity (Wildman–Crippen MR) is 86.1 cm³/mol. The van der Waals surface area contributed by atoms with Crippen molar-refractivity contribution in [3.8, 4) is 0 Å². The van der Waals surface area contributed by atoms with Crippen molar-refractivity contribution in [1.29, 1.82) is 0 Å². The van der Waals surface area contributed by atoms with Gasteiger partial charge in [0.05, 0.1) is 0 Å². The molecule has 0 N–H and O–H groups in total. The monoisotopic (exact) mass is 340 g/mol. The minimum atomic E-state index is -3.91. The van der Waals surface area contributed by atoms with E-state index in [4.69, 9.17) is 8.30 Å². The Morgan fingerprint density at radius 1 is 1.05 bits per heavy atom. The number of hydrogen-bond donors (Lipinski definition) is 0. The van der Waals surface area contributed by atoms with Crippen LogP contribution in [0.5, 0.6) is 0 Å². The molecule has 0 saturated heterocycles. The molecule has 5 nitrogen and oxygen atoms in total. The van der Waals surface area contributed by atoms with Gasteiger partial charge in [0, 0.05) is 0 Å². The first kappa shape index (κ1) is 19.8. The summed E-state index contributed by atoms with van der Waals surface area (Å²) in [6, 6.07) is 0. The largest absolute Gasteiger partial charge is 0.519 e. The van der Waals surface area contributed by atoms with E-state index in [0.29, 0.717) is 6.42 Å². The summed E-state index contributed by atoms with van der Waals surface area (Å²) in [7, 11) is -8.32. The van der Waals surface area contributed by atoms with E-state index in [1.54, 1.807) is 19.6 Å². The maximum absolute atomic E-state index is 12.3. The lowest BCUT2D eigenvalue weighted by molar-refractivity contribution is -0.134. The molecule has 0 bridgehead atoms. The van der Waals surface area contributed by atoms with Gasteiger partial charge in [0.25, 0.3) is 10.1 Å². The molecule has 0 aliphatic rings. The topological polar surface area (TPSA) is 69.7 Å². The van der Waals surface area contributed by atoms with Crippen LogP contribution in [0.25, 0.3) is 0 Å². The van der Waals surface area contributed by atoms with Crippen molar-refractivity contribution in [2.75, 3.05) is 0 Å². The molecule has 0 amide bonds. The zero-order valence-electron chi connectivity index (χ0n) is 13.6. The normalized spacial score (nSPS) is 14.9. The van der Waals surface area contributed by atoms with Crippen molar-refractivity contribution in [3.63, 3.8) is 0 Å². The van der Waals surface area contributed by atoms with Crippen LogP contribution in [0.1, 0.15) is 26.2 Å². The smallest absolute Gasteiger partial charge is 0.313 e. The van der Waals surface area contributed by atoms with Gasteiger partial charge in [-0.1, -0.05) is 19.8 Å². The van der Waals surface area contributed by atoms with E-state index in [0.717, 1.165) is 6.42 Å². The third-order valence-electron chi connectivity index (χ3n) is 2.20. The quantitative estimate of drug-likeness (QED) is 0.635. The van der Waals surface area contributed by atoms with Gasteiger partial charge in [0.2, 0.25) is 16.6 Å². The van der Waals surface area contributed by atoms with Crippen LogP contribution in [0, 0.1) is 0 Å². The third kappa shape index (κ3) is 8.18. The van der Waals surface area contributed by atoms with Crippen LogP contribution in [0.15, 0.2) is 0 Å². The Kier molecular flexibility index (Phi) is 7.12. The van der Waals surface area contributed by atoms with Gasteiger partial charge in [-0.05, 0) is 45.7 Å². The highest BCUT2D eigenvalue weighted by Gasteiger charge is 2.39. The third-order valence-corrected chi connectivity index (χ3v) is 7.07. The summed E-state index contributed by atoms with van der Waals surface area (Å²) in [5.41, 5.74) is 0. The number of hydrogen-bond acceptors (Lipinski definition) is 5. The maximum atomic E-state index is 12.3. The molecular weight excluding hydrogens is 312 g/mol. The fourth-order valence-corrected chi connectivity index (χ4v) is 6.37. The lowest BCUT2D eigenvalue weighted by atomic mass is 10.2. The molecule has 0 aromatic heterocycles. The van der Waals surface area contributed by atoms with Gasteiger partial charge in [0.1, 0.15) is 0 Å². The minimum Gasteiger partial charge on any atom is -0.519 e. The molecular formula is C12H28O5SSi2.